The van der Waals surface area contributed by atoms with Crippen molar-refractivity contribution in [3.8, 4) is 17.0 Å². The van der Waals surface area contributed by atoms with Crippen LogP contribution in [-0.4, -0.2) is 21.0 Å². The molecule has 0 aliphatic carbocycles. The molecule has 0 radical (unpaired) electrons. The van der Waals surface area contributed by atoms with Gasteiger partial charge in [-0.2, -0.15) is 0 Å². The van der Waals surface area contributed by atoms with E-state index in [9.17, 15) is 18.0 Å². The van der Waals surface area contributed by atoms with Crippen LogP contribution in [0.5, 0.6) is 5.75 Å². The van der Waals surface area contributed by atoms with Crippen LogP contribution in [0, 0.1) is 13.5 Å². The number of aryl methyl sites for hydroxylation is 1. The van der Waals surface area contributed by atoms with Gasteiger partial charge in [-0.25, -0.2) is 14.3 Å². The normalized spacial score (nSPS) is 11.8. The Morgan fingerprint density at radius 3 is 2.59 bits per heavy atom. The second kappa shape index (κ2) is 6.46. The highest BCUT2D eigenvalue weighted by Crippen LogP contribution is 2.32. The third kappa shape index (κ3) is 3.38. The summed E-state index contributed by atoms with van der Waals surface area (Å²) in [4.78, 5) is 20.6. The van der Waals surface area contributed by atoms with Gasteiger partial charge in [0.25, 0.3) is 5.56 Å². The van der Waals surface area contributed by atoms with Crippen LogP contribution in [0.25, 0.3) is 21.7 Å². The van der Waals surface area contributed by atoms with E-state index in [4.69, 9.17) is 6.57 Å². The molecule has 9 heteroatoms. The molecule has 1 aromatic carbocycles. The van der Waals surface area contributed by atoms with Crippen LogP contribution < -0.4 is 10.3 Å². The number of rotatable bonds is 3. The Morgan fingerprint density at radius 1 is 1.33 bits per heavy atom. The molecular weight excluding hydrogens is 361 g/mol. The van der Waals surface area contributed by atoms with E-state index < -0.39 is 6.36 Å². The molecule has 0 fully saturated rings. The summed E-state index contributed by atoms with van der Waals surface area (Å²) < 4.78 is 42.6. The number of H-pyrrole nitrogens is 1. The highest BCUT2D eigenvalue weighted by Gasteiger charge is 2.32. The first-order valence-electron chi connectivity index (χ1n) is 8.00. The van der Waals surface area contributed by atoms with Crippen molar-refractivity contribution in [1.29, 1.82) is 0 Å². The van der Waals surface area contributed by atoms with Gasteiger partial charge in [-0.3, -0.25) is 4.79 Å². The number of nitrogens with zero attached hydrogens (tertiary/aromatic N) is 3. The average molecular weight is 376 g/mol. The van der Waals surface area contributed by atoms with E-state index in [0.29, 0.717) is 16.8 Å². The fraction of sp³-hybridized carbons (Fsp3) is 0.278. The van der Waals surface area contributed by atoms with E-state index in [1.54, 1.807) is 0 Å². The van der Waals surface area contributed by atoms with Crippen LogP contribution in [0.4, 0.5) is 18.9 Å². The molecule has 0 saturated heterocycles. The second-order valence-corrected chi connectivity index (χ2v) is 6.29. The topological polar surface area (TPSA) is 63.8 Å². The number of ether oxygens (including phenoxy) is 1. The predicted octanol–water partition coefficient (Wildman–Crippen LogP) is 4.57. The molecule has 6 nitrogen and oxygen atoms in total. The van der Waals surface area contributed by atoms with E-state index in [0.717, 1.165) is 0 Å². The van der Waals surface area contributed by atoms with Gasteiger partial charge in [-0.15, -0.1) is 13.2 Å². The standard InChI is InChI=1S/C18H15F3N4O2/c1-9(2)14-15(24-16-12(22-4)8-23-25(16)17(14)26)11-5-6-13(10(3)7-11)27-18(19,20)21/h5-9,23H,1-3H3. The number of hydrogen-bond acceptors (Lipinski definition) is 3. The minimum Gasteiger partial charge on any atom is -0.406 e. The average Bonchev–Trinajstić information content (AvgIpc) is 2.98. The molecule has 0 amide bonds. The lowest BCUT2D eigenvalue weighted by Gasteiger charge is -2.15. The minimum atomic E-state index is -4.79. The monoisotopic (exact) mass is 376 g/mol. The van der Waals surface area contributed by atoms with E-state index in [1.165, 1.54) is 35.8 Å². The summed E-state index contributed by atoms with van der Waals surface area (Å²) in [6.45, 7) is 12.3. The number of nitrogens with one attached hydrogen (secondary N) is 1. The summed E-state index contributed by atoms with van der Waals surface area (Å²) in [6, 6.07) is 4.09. The van der Waals surface area contributed by atoms with Crippen LogP contribution in [0.2, 0.25) is 0 Å². The molecule has 0 atom stereocenters. The van der Waals surface area contributed by atoms with Gasteiger partial charge in [-0.1, -0.05) is 13.8 Å². The number of fused-ring (bicyclic) bond motifs is 1. The van der Waals surface area contributed by atoms with Gasteiger partial charge in [0.2, 0.25) is 5.69 Å². The zero-order valence-electron chi connectivity index (χ0n) is 14.7. The number of aromatic amines is 1. The molecule has 3 rings (SSSR count). The first-order valence-corrected chi connectivity index (χ1v) is 8.00. The Hall–Kier alpha value is -3.28. The molecule has 2 heterocycles. The number of halogens is 3. The number of alkyl halides is 3. The molecular formula is C18H15F3N4O2. The van der Waals surface area contributed by atoms with Crippen molar-refractivity contribution in [2.24, 2.45) is 0 Å². The maximum absolute atomic E-state index is 12.8. The third-order valence-electron chi connectivity index (χ3n) is 4.05. The maximum atomic E-state index is 12.8. The Morgan fingerprint density at radius 2 is 2.04 bits per heavy atom. The van der Waals surface area contributed by atoms with Gasteiger partial charge in [0.1, 0.15) is 5.75 Å². The Kier molecular flexibility index (Phi) is 4.43. The summed E-state index contributed by atoms with van der Waals surface area (Å²) >= 11 is 0. The van der Waals surface area contributed by atoms with Crippen molar-refractivity contribution in [3.63, 3.8) is 0 Å². The van der Waals surface area contributed by atoms with Crippen molar-refractivity contribution in [3.05, 3.63) is 57.3 Å². The number of aromatic nitrogens is 3. The highest BCUT2D eigenvalue weighted by molar-refractivity contribution is 5.73. The molecule has 3 aromatic rings. The molecule has 0 aliphatic rings. The lowest BCUT2D eigenvalue weighted by atomic mass is 9.97. The van der Waals surface area contributed by atoms with Crippen LogP contribution >= 0.6 is 0 Å². The van der Waals surface area contributed by atoms with Gasteiger partial charge in [-0.05, 0) is 36.6 Å². The van der Waals surface area contributed by atoms with Gasteiger partial charge >= 0.3 is 6.36 Å². The summed E-state index contributed by atoms with van der Waals surface area (Å²) in [7, 11) is 0. The SMILES string of the molecule is [C-]#[N+]c1c[nH]n2c(=O)c(C(C)C)c(-c3ccc(OC(F)(F)F)c(C)c3)nc12. The van der Waals surface area contributed by atoms with E-state index in [2.05, 4.69) is 19.7 Å². The third-order valence-corrected chi connectivity index (χ3v) is 4.05. The number of benzene rings is 1. The lowest BCUT2D eigenvalue weighted by molar-refractivity contribution is -0.274. The van der Waals surface area contributed by atoms with E-state index in [-0.39, 0.29) is 34.1 Å². The van der Waals surface area contributed by atoms with Crippen molar-refractivity contribution in [2.45, 2.75) is 33.1 Å². The maximum Gasteiger partial charge on any atom is 0.573 e. The zero-order chi connectivity index (χ0) is 19.9. The summed E-state index contributed by atoms with van der Waals surface area (Å²) in [5, 5.41) is 2.71. The van der Waals surface area contributed by atoms with E-state index >= 15 is 0 Å². The molecule has 0 aliphatic heterocycles. The summed E-state index contributed by atoms with van der Waals surface area (Å²) in [6.07, 6.45) is -3.41. The van der Waals surface area contributed by atoms with Crippen LogP contribution in [0.3, 0.4) is 0 Å². The Balaban J connectivity index is 2.24. The van der Waals surface area contributed by atoms with E-state index in [1.807, 2.05) is 13.8 Å². The molecule has 0 saturated carbocycles. The molecule has 27 heavy (non-hydrogen) atoms. The molecule has 1 N–H and O–H groups in total. The first-order chi connectivity index (χ1) is 12.6. The number of hydrogen-bond donors (Lipinski definition) is 1. The predicted molar refractivity (Wildman–Crippen MR) is 93.0 cm³/mol. The fourth-order valence-electron chi connectivity index (χ4n) is 2.87. The van der Waals surface area contributed by atoms with Gasteiger partial charge in [0.05, 0.1) is 12.3 Å². The first kappa shape index (κ1) is 18.5. The van der Waals surface area contributed by atoms with Crippen LogP contribution in [0.1, 0.15) is 30.9 Å². The largest absolute Gasteiger partial charge is 0.573 e. The van der Waals surface area contributed by atoms with Crippen molar-refractivity contribution < 1.29 is 17.9 Å². The minimum absolute atomic E-state index is 0.169. The van der Waals surface area contributed by atoms with Crippen LogP contribution in [0.15, 0.2) is 29.2 Å². The Bertz CT molecular complexity index is 1120. The molecule has 0 unspecified atom stereocenters. The summed E-state index contributed by atoms with van der Waals surface area (Å²) in [5.41, 5.74) is 1.45. The Labute approximate surface area is 152 Å². The van der Waals surface area contributed by atoms with Gasteiger partial charge < -0.3 is 9.84 Å². The smallest absolute Gasteiger partial charge is 0.406 e. The van der Waals surface area contributed by atoms with Crippen LogP contribution in [-0.2, 0) is 0 Å². The lowest BCUT2D eigenvalue weighted by Crippen LogP contribution is -2.22. The van der Waals surface area contributed by atoms with Crippen molar-refractivity contribution in [1.82, 2.24) is 14.6 Å². The molecule has 0 bridgehead atoms. The van der Waals surface area contributed by atoms with Crippen molar-refractivity contribution >= 4 is 11.3 Å². The molecule has 140 valence electrons. The fourth-order valence-corrected chi connectivity index (χ4v) is 2.87. The summed E-state index contributed by atoms with van der Waals surface area (Å²) in [5.74, 6) is -0.512. The van der Waals surface area contributed by atoms with Gasteiger partial charge in [0.15, 0.2) is 5.65 Å². The molecule has 0 spiro atoms. The zero-order valence-corrected chi connectivity index (χ0v) is 14.7. The van der Waals surface area contributed by atoms with Crippen molar-refractivity contribution in [2.75, 3.05) is 0 Å². The quantitative estimate of drug-likeness (QED) is 0.681. The second-order valence-electron chi connectivity index (χ2n) is 6.29. The highest BCUT2D eigenvalue weighted by atomic mass is 19.4. The van der Waals surface area contributed by atoms with Gasteiger partial charge in [0, 0.05) is 17.3 Å². The molecule has 2 aromatic heterocycles.